The van der Waals surface area contributed by atoms with E-state index in [-0.39, 0.29) is 24.4 Å². The van der Waals surface area contributed by atoms with Crippen LogP contribution >= 0.6 is 11.8 Å². The molecule has 0 aliphatic carbocycles. The number of nitrogen functional groups attached to an aromatic ring is 1. The average molecular weight is 381 g/mol. The van der Waals surface area contributed by atoms with Gasteiger partial charge >= 0.3 is 6.09 Å². The van der Waals surface area contributed by atoms with Gasteiger partial charge in [-0.05, 0) is 45.9 Å². The third-order valence-corrected chi connectivity index (χ3v) is 5.50. The number of carbonyl (C=O) groups excluding carboxylic acids is 1. The van der Waals surface area contributed by atoms with Gasteiger partial charge in [0.1, 0.15) is 17.0 Å². The van der Waals surface area contributed by atoms with Gasteiger partial charge in [0, 0.05) is 22.9 Å². The van der Waals surface area contributed by atoms with Crippen LogP contribution in [-0.2, 0) is 15.0 Å². The van der Waals surface area contributed by atoms with Gasteiger partial charge in [-0.25, -0.2) is 14.2 Å². The number of benzene rings is 1. The summed E-state index contributed by atoms with van der Waals surface area (Å²) in [6.07, 6.45) is -0.660. The first kappa shape index (κ1) is 19.0. The largest absolute Gasteiger partial charge is 0.444 e. The Bertz CT molecular complexity index is 750. The number of halogens is 1. The number of alkyl carbamates (subject to hydrolysis) is 1. The van der Waals surface area contributed by atoms with E-state index in [0.29, 0.717) is 22.2 Å². The second kappa shape index (κ2) is 6.74. The van der Waals surface area contributed by atoms with E-state index in [2.05, 4.69) is 5.32 Å². The normalized spacial score (nSPS) is 28.3. The average Bonchev–Trinajstić information content (AvgIpc) is 2.85. The number of nitrogens with two attached hydrogens (primary N) is 1. The van der Waals surface area contributed by atoms with E-state index in [9.17, 15) is 9.18 Å². The molecule has 26 heavy (non-hydrogen) atoms. The maximum atomic E-state index is 14.6. The number of hydrogen-bond acceptors (Lipinski definition) is 6. The molecule has 2 aliphatic rings. The van der Waals surface area contributed by atoms with Crippen molar-refractivity contribution in [2.45, 2.75) is 44.9 Å². The molecular formula is C18H24FN3O3S. The monoisotopic (exact) mass is 381 g/mol. The van der Waals surface area contributed by atoms with Gasteiger partial charge in [-0.15, -0.1) is 0 Å². The van der Waals surface area contributed by atoms with E-state index >= 15 is 0 Å². The van der Waals surface area contributed by atoms with Gasteiger partial charge in [0.2, 0.25) is 0 Å². The molecule has 0 saturated carbocycles. The van der Waals surface area contributed by atoms with Gasteiger partial charge in [-0.1, -0.05) is 11.8 Å². The number of amides is 1. The van der Waals surface area contributed by atoms with Gasteiger partial charge < -0.3 is 15.2 Å². The first-order valence-corrected chi connectivity index (χ1v) is 9.49. The zero-order valence-corrected chi connectivity index (χ0v) is 16.2. The van der Waals surface area contributed by atoms with Crippen molar-refractivity contribution >= 4 is 28.7 Å². The lowest BCUT2D eigenvalue weighted by Gasteiger charge is -2.36. The highest BCUT2D eigenvalue weighted by atomic mass is 32.2. The summed E-state index contributed by atoms with van der Waals surface area (Å²) >= 11 is 1.41. The zero-order valence-electron chi connectivity index (χ0n) is 15.3. The molecule has 2 heterocycles. The molecule has 1 fully saturated rings. The van der Waals surface area contributed by atoms with Crippen LogP contribution in [0.3, 0.4) is 0 Å². The first-order chi connectivity index (χ1) is 12.1. The number of thioether (sulfide) groups is 1. The van der Waals surface area contributed by atoms with Gasteiger partial charge in [0.05, 0.1) is 12.7 Å². The summed E-state index contributed by atoms with van der Waals surface area (Å²) < 4.78 is 25.7. The highest BCUT2D eigenvalue weighted by molar-refractivity contribution is 8.13. The molecule has 142 valence electrons. The predicted molar refractivity (Wildman–Crippen MR) is 101 cm³/mol. The van der Waals surface area contributed by atoms with Gasteiger partial charge in [-0.3, -0.25) is 5.32 Å². The van der Waals surface area contributed by atoms with Crippen molar-refractivity contribution in [2.24, 2.45) is 10.9 Å². The van der Waals surface area contributed by atoms with Crippen molar-refractivity contribution in [3.8, 4) is 0 Å². The molecule has 2 aliphatic heterocycles. The van der Waals surface area contributed by atoms with Crippen molar-refractivity contribution in [3.63, 3.8) is 0 Å². The summed E-state index contributed by atoms with van der Waals surface area (Å²) in [5.74, 6) is 0.242. The molecule has 1 aromatic rings. The van der Waals surface area contributed by atoms with E-state index in [4.69, 9.17) is 20.2 Å². The molecule has 1 unspecified atom stereocenters. The van der Waals surface area contributed by atoms with Crippen LogP contribution in [0.2, 0.25) is 0 Å². The van der Waals surface area contributed by atoms with Crippen molar-refractivity contribution in [2.75, 3.05) is 18.1 Å². The molecule has 1 aromatic carbocycles. The van der Waals surface area contributed by atoms with E-state index in [1.165, 1.54) is 23.9 Å². The number of anilines is 1. The summed E-state index contributed by atoms with van der Waals surface area (Å²) in [5.41, 5.74) is 5.22. The molecule has 3 N–H and O–H groups in total. The topological polar surface area (TPSA) is 85.9 Å². The number of ether oxygens (including phenoxy) is 2. The minimum Gasteiger partial charge on any atom is -0.444 e. The fourth-order valence-corrected chi connectivity index (χ4v) is 4.58. The highest BCUT2D eigenvalue weighted by Crippen LogP contribution is 2.48. The van der Waals surface area contributed by atoms with E-state index in [1.807, 2.05) is 6.92 Å². The summed E-state index contributed by atoms with van der Waals surface area (Å²) in [6.45, 7) is 7.55. The van der Waals surface area contributed by atoms with Crippen molar-refractivity contribution in [3.05, 3.63) is 29.6 Å². The van der Waals surface area contributed by atoms with Crippen molar-refractivity contribution in [1.29, 1.82) is 0 Å². The van der Waals surface area contributed by atoms with Crippen LogP contribution in [0.5, 0.6) is 0 Å². The summed E-state index contributed by atoms with van der Waals surface area (Å²) in [5, 5.41) is 3.07. The maximum Gasteiger partial charge on any atom is 0.413 e. The van der Waals surface area contributed by atoms with Crippen LogP contribution in [0.1, 0.15) is 33.3 Å². The van der Waals surface area contributed by atoms with Crippen LogP contribution in [0.4, 0.5) is 14.9 Å². The van der Waals surface area contributed by atoms with E-state index in [0.717, 1.165) is 0 Å². The lowest BCUT2D eigenvalue weighted by atomic mass is 9.79. The number of hydrogen-bond donors (Lipinski definition) is 2. The second-order valence-electron chi connectivity index (χ2n) is 7.64. The molecule has 0 spiro atoms. The molecule has 8 heteroatoms. The molecule has 6 nitrogen and oxygen atoms in total. The number of fused-ring (bicyclic) bond motifs is 1. The summed E-state index contributed by atoms with van der Waals surface area (Å²) in [4.78, 5) is 16.8. The van der Waals surface area contributed by atoms with Crippen molar-refractivity contribution in [1.82, 2.24) is 5.32 Å². The Labute approximate surface area is 156 Å². The fourth-order valence-electron chi connectivity index (χ4n) is 3.31. The van der Waals surface area contributed by atoms with Crippen LogP contribution in [-0.4, -0.2) is 35.3 Å². The summed E-state index contributed by atoms with van der Waals surface area (Å²) in [7, 11) is 0. The van der Waals surface area contributed by atoms with Gasteiger partial charge in [0.15, 0.2) is 5.17 Å². The number of nitrogens with one attached hydrogen (secondary N) is 1. The van der Waals surface area contributed by atoms with Crippen LogP contribution < -0.4 is 11.1 Å². The molecule has 1 amide bonds. The maximum absolute atomic E-state index is 14.6. The zero-order chi connectivity index (χ0) is 19.1. The molecule has 0 bridgehead atoms. The number of nitrogens with zero attached hydrogens (tertiary/aromatic N) is 1. The smallest absolute Gasteiger partial charge is 0.413 e. The number of aliphatic imine (C=N–C) groups is 1. The van der Waals surface area contributed by atoms with Crippen LogP contribution in [0.25, 0.3) is 0 Å². The quantitative estimate of drug-likeness (QED) is 0.729. The van der Waals surface area contributed by atoms with Crippen LogP contribution in [0.15, 0.2) is 23.2 Å². The Morgan fingerprint density at radius 3 is 2.92 bits per heavy atom. The Balaban J connectivity index is 1.96. The predicted octanol–water partition coefficient (Wildman–Crippen LogP) is 3.27. The third kappa shape index (κ3) is 3.66. The SMILES string of the molecule is CC1OC[C@]2(c3cc(N)ccc3F)N=C(NC(=O)OC(C)(C)C)SC[C@H]12. The second-order valence-corrected chi connectivity index (χ2v) is 8.65. The molecule has 1 saturated heterocycles. The minimum absolute atomic E-state index is 0.0204. The Kier molecular flexibility index (Phi) is 4.92. The van der Waals surface area contributed by atoms with Crippen LogP contribution in [0, 0.1) is 11.7 Å². The Morgan fingerprint density at radius 1 is 1.50 bits per heavy atom. The Hall–Kier alpha value is -1.80. The first-order valence-electron chi connectivity index (χ1n) is 8.50. The Morgan fingerprint density at radius 2 is 2.23 bits per heavy atom. The van der Waals surface area contributed by atoms with Crippen molar-refractivity contribution < 1.29 is 18.7 Å². The lowest BCUT2D eigenvalue weighted by Crippen LogP contribution is -2.44. The van der Waals surface area contributed by atoms with E-state index in [1.54, 1.807) is 26.8 Å². The van der Waals surface area contributed by atoms with E-state index < -0.39 is 17.2 Å². The number of carbonyl (C=O) groups is 1. The van der Waals surface area contributed by atoms with Gasteiger partial charge in [0.25, 0.3) is 0 Å². The molecule has 0 radical (unpaired) electrons. The minimum atomic E-state index is -0.908. The third-order valence-electron chi connectivity index (χ3n) is 4.51. The lowest BCUT2D eigenvalue weighted by molar-refractivity contribution is 0.0564. The molecule has 0 aromatic heterocycles. The standard InChI is InChI=1S/C18H24FN3O3S/c1-10-13-8-26-15(21-16(23)25-17(2,3)4)22-18(13,9-24-10)12-7-11(20)5-6-14(12)19/h5-7,10,13H,8-9,20H2,1-4H3,(H,21,22,23)/t10?,13-,18-/m1/s1. The number of rotatable bonds is 1. The molecular weight excluding hydrogens is 357 g/mol. The van der Waals surface area contributed by atoms with Gasteiger partial charge in [-0.2, -0.15) is 0 Å². The fraction of sp³-hybridized carbons (Fsp3) is 0.556. The molecule has 3 rings (SSSR count). The number of amidine groups is 1. The molecule has 3 atom stereocenters. The summed E-state index contributed by atoms with van der Waals surface area (Å²) in [6, 6.07) is 4.47. The highest BCUT2D eigenvalue weighted by Gasteiger charge is 2.53.